The summed E-state index contributed by atoms with van der Waals surface area (Å²) in [5, 5.41) is 3.02. The van der Waals surface area contributed by atoms with Crippen LogP contribution < -0.4 is 5.32 Å². The van der Waals surface area contributed by atoms with E-state index >= 15 is 0 Å². The van der Waals surface area contributed by atoms with Crippen LogP contribution in [0.15, 0.2) is 18.2 Å². The van der Waals surface area contributed by atoms with Crippen molar-refractivity contribution in [1.29, 1.82) is 0 Å². The third-order valence-electron chi connectivity index (χ3n) is 4.01. The van der Waals surface area contributed by atoms with Crippen LogP contribution in [0.4, 0.5) is 4.39 Å². The van der Waals surface area contributed by atoms with Gasteiger partial charge in [-0.3, -0.25) is 9.69 Å². The van der Waals surface area contributed by atoms with Crippen molar-refractivity contribution in [2.75, 3.05) is 33.4 Å². The van der Waals surface area contributed by atoms with Gasteiger partial charge in [0, 0.05) is 45.6 Å². The molecule has 0 aliphatic carbocycles. The van der Waals surface area contributed by atoms with Gasteiger partial charge in [0.25, 0.3) is 0 Å². The van der Waals surface area contributed by atoms with E-state index in [1.165, 1.54) is 13.0 Å². The molecular weight excluding hydrogens is 271 g/mol. The van der Waals surface area contributed by atoms with Gasteiger partial charge in [-0.2, -0.15) is 0 Å². The van der Waals surface area contributed by atoms with E-state index < -0.39 is 0 Å². The van der Waals surface area contributed by atoms with Gasteiger partial charge < -0.3 is 10.1 Å². The standard InChI is InChI=1S/C16H23FN2O2/c1-11-8-13(4-5-15(11)17)14-9-19(6-7-21-3)10-16(14)18-12(2)20/h4-5,8,14,16H,6-7,9-10H2,1-3H3,(H,18,20). The van der Waals surface area contributed by atoms with Gasteiger partial charge >= 0.3 is 0 Å². The number of benzene rings is 1. The van der Waals surface area contributed by atoms with Gasteiger partial charge in [0.05, 0.1) is 6.61 Å². The first-order valence-electron chi connectivity index (χ1n) is 7.25. The lowest BCUT2D eigenvalue weighted by Crippen LogP contribution is -2.38. The second-order valence-corrected chi connectivity index (χ2v) is 5.67. The van der Waals surface area contributed by atoms with E-state index in [2.05, 4.69) is 10.2 Å². The van der Waals surface area contributed by atoms with Gasteiger partial charge in [0.15, 0.2) is 0 Å². The number of aryl methyl sites for hydroxylation is 1. The van der Waals surface area contributed by atoms with E-state index in [1.807, 2.05) is 12.1 Å². The highest BCUT2D eigenvalue weighted by atomic mass is 19.1. The van der Waals surface area contributed by atoms with E-state index in [-0.39, 0.29) is 23.7 Å². The zero-order valence-electron chi connectivity index (χ0n) is 12.9. The van der Waals surface area contributed by atoms with Gasteiger partial charge in [-0.25, -0.2) is 4.39 Å². The van der Waals surface area contributed by atoms with Crippen molar-refractivity contribution >= 4 is 5.91 Å². The van der Waals surface area contributed by atoms with Crippen molar-refractivity contribution in [2.45, 2.75) is 25.8 Å². The highest BCUT2D eigenvalue weighted by Gasteiger charge is 2.34. The topological polar surface area (TPSA) is 41.6 Å². The Labute approximate surface area is 125 Å². The molecule has 2 atom stereocenters. The smallest absolute Gasteiger partial charge is 0.217 e. The van der Waals surface area contributed by atoms with Crippen molar-refractivity contribution in [2.24, 2.45) is 0 Å². The summed E-state index contributed by atoms with van der Waals surface area (Å²) >= 11 is 0. The van der Waals surface area contributed by atoms with Gasteiger partial charge in [-0.15, -0.1) is 0 Å². The molecule has 0 aromatic heterocycles. The van der Waals surface area contributed by atoms with Crippen LogP contribution in [0.1, 0.15) is 24.0 Å². The molecule has 2 rings (SSSR count). The number of nitrogens with one attached hydrogen (secondary N) is 1. The molecule has 1 aromatic rings. The molecule has 1 aliphatic rings. The Morgan fingerprint density at radius 2 is 2.24 bits per heavy atom. The lowest BCUT2D eigenvalue weighted by atomic mass is 9.93. The molecule has 116 valence electrons. The molecule has 2 unspecified atom stereocenters. The van der Waals surface area contributed by atoms with Crippen molar-refractivity contribution in [3.05, 3.63) is 35.1 Å². The number of rotatable bonds is 5. The highest BCUT2D eigenvalue weighted by Crippen LogP contribution is 2.28. The molecule has 21 heavy (non-hydrogen) atoms. The number of methoxy groups -OCH3 is 1. The Morgan fingerprint density at radius 1 is 1.48 bits per heavy atom. The van der Waals surface area contributed by atoms with Crippen LogP contribution in [0.3, 0.4) is 0 Å². The third-order valence-corrected chi connectivity index (χ3v) is 4.01. The summed E-state index contributed by atoms with van der Waals surface area (Å²) in [6.45, 7) is 6.45. The summed E-state index contributed by atoms with van der Waals surface area (Å²) < 4.78 is 18.6. The number of hydrogen-bond donors (Lipinski definition) is 1. The SMILES string of the molecule is COCCN1CC(NC(C)=O)C(c2ccc(F)c(C)c2)C1. The molecule has 0 saturated carbocycles. The maximum atomic E-state index is 13.4. The lowest BCUT2D eigenvalue weighted by Gasteiger charge is -2.20. The van der Waals surface area contributed by atoms with Crippen LogP contribution in [-0.2, 0) is 9.53 Å². The second kappa shape index (κ2) is 7.00. The van der Waals surface area contributed by atoms with Gasteiger partial charge in [-0.1, -0.05) is 12.1 Å². The molecule has 1 N–H and O–H groups in total. The van der Waals surface area contributed by atoms with E-state index in [0.29, 0.717) is 12.2 Å². The van der Waals surface area contributed by atoms with E-state index in [4.69, 9.17) is 4.74 Å². The van der Waals surface area contributed by atoms with Crippen molar-refractivity contribution < 1.29 is 13.9 Å². The van der Waals surface area contributed by atoms with E-state index in [9.17, 15) is 9.18 Å². The number of amides is 1. The van der Waals surface area contributed by atoms with E-state index in [1.54, 1.807) is 14.0 Å². The monoisotopic (exact) mass is 294 g/mol. The van der Waals surface area contributed by atoms with Crippen LogP contribution in [0, 0.1) is 12.7 Å². The van der Waals surface area contributed by atoms with Crippen LogP contribution in [-0.4, -0.2) is 50.2 Å². The van der Waals surface area contributed by atoms with E-state index in [0.717, 1.165) is 25.2 Å². The number of halogens is 1. The minimum absolute atomic E-state index is 0.0302. The average Bonchev–Trinajstić information content (AvgIpc) is 2.81. The van der Waals surface area contributed by atoms with Crippen LogP contribution in [0.5, 0.6) is 0 Å². The normalized spacial score (nSPS) is 22.5. The minimum atomic E-state index is -0.191. The maximum absolute atomic E-state index is 13.4. The number of hydrogen-bond acceptors (Lipinski definition) is 3. The molecule has 0 bridgehead atoms. The first kappa shape index (κ1) is 15.9. The van der Waals surface area contributed by atoms with Crippen LogP contribution >= 0.6 is 0 Å². The third kappa shape index (κ3) is 4.02. The lowest BCUT2D eigenvalue weighted by molar-refractivity contribution is -0.119. The van der Waals surface area contributed by atoms with Crippen molar-refractivity contribution in [1.82, 2.24) is 10.2 Å². The Balaban J connectivity index is 2.16. The summed E-state index contributed by atoms with van der Waals surface area (Å²) in [7, 11) is 1.68. The Hall–Kier alpha value is -1.46. The van der Waals surface area contributed by atoms with Crippen LogP contribution in [0.2, 0.25) is 0 Å². The number of ether oxygens (including phenoxy) is 1. The molecule has 1 saturated heterocycles. The minimum Gasteiger partial charge on any atom is -0.383 e. The Morgan fingerprint density at radius 3 is 2.86 bits per heavy atom. The molecule has 4 nitrogen and oxygen atoms in total. The molecule has 0 radical (unpaired) electrons. The average molecular weight is 294 g/mol. The predicted octanol–water partition coefficient (Wildman–Crippen LogP) is 1.68. The van der Waals surface area contributed by atoms with Crippen molar-refractivity contribution in [3.63, 3.8) is 0 Å². The molecule has 0 spiro atoms. The number of carbonyl (C=O) groups is 1. The fraction of sp³-hybridized carbons (Fsp3) is 0.562. The molecule has 5 heteroatoms. The molecule has 1 aliphatic heterocycles. The first-order valence-corrected chi connectivity index (χ1v) is 7.25. The zero-order valence-corrected chi connectivity index (χ0v) is 12.9. The summed E-state index contributed by atoms with van der Waals surface area (Å²) in [5.41, 5.74) is 1.72. The number of carbonyl (C=O) groups excluding carboxylic acids is 1. The first-order chi connectivity index (χ1) is 10.0. The van der Waals surface area contributed by atoms with Gasteiger partial charge in [0.1, 0.15) is 5.82 Å². The quantitative estimate of drug-likeness (QED) is 0.898. The summed E-state index contributed by atoms with van der Waals surface area (Å²) in [5.74, 6) is -0.0356. The molecular formula is C16H23FN2O2. The Kier molecular flexibility index (Phi) is 5.31. The summed E-state index contributed by atoms with van der Waals surface area (Å²) in [6.07, 6.45) is 0. The van der Waals surface area contributed by atoms with Crippen LogP contribution in [0.25, 0.3) is 0 Å². The predicted molar refractivity (Wildman–Crippen MR) is 79.8 cm³/mol. The summed E-state index contributed by atoms with van der Waals surface area (Å²) in [4.78, 5) is 13.7. The maximum Gasteiger partial charge on any atom is 0.217 e. The number of likely N-dealkylation sites (tertiary alicyclic amines) is 1. The fourth-order valence-electron chi connectivity index (χ4n) is 2.93. The summed E-state index contributed by atoms with van der Waals surface area (Å²) in [6, 6.07) is 5.27. The molecule has 1 heterocycles. The largest absolute Gasteiger partial charge is 0.383 e. The number of nitrogens with zero attached hydrogens (tertiary/aromatic N) is 1. The second-order valence-electron chi connectivity index (χ2n) is 5.67. The Bertz CT molecular complexity index is 507. The van der Waals surface area contributed by atoms with Gasteiger partial charge in [0.2, 0.25) is 5.91 Å². The van der Waals surface area contributed by atoms with Gasteiger partial charge in [-0.05, 0) is 24.1 Å². The molecule has 1 amide bonds. The van der Waals surface area contributed by atoms with Crippen molar-refractivity contribution in [3.8, 4) is 0 Å². The molecule has 1 fully saturated rings. The molecule has 1 aromatic carbocycles. The fourth-order valence-corrected chi connectivity index (χ4v) is 2.93. The zero-order chi connectivity index (χ0) is 15.4. The highest BCUT2D eigenvalue weighted by molar-refractivity contribution is 5.73.